The minimum absolute atomic E-state index is 0.0919. The number of benzene rings is 2. The summed E-state index contributed by atoms with van der Waals surface area (Å²) in [6.07, 6.45) is 1.90. The predicted octanol–water partition coefficient (Wildman–Crippen LogP) is 5.52. The van der Waals surface area contributed by atoms with Crippen LogP contribution in [0.2, 0.25) is 5.02 Å². The number of rotatable bonds is 7. The smallest absolute Gasteiger partial charge is 0.233 e. The van der Waals surface area contributed by atoms with E-state index in [1.807, 2.05) is 61.5 Å². The summed E-state index contributed by atoms with van der Waals surface area (Å²) in [6, 6.07) is 18.9. The van der Waals surface area contributed by atoms with Crippen LogP contribution in [-0.2, 0) is 17.8 Å². The summed E-state index contributed by atoms with van der Waals surface area (Å²) in [6.45, 7) is 2.82. The summed E-state index contributed by atoms with van der Waals surface area (Å²) >= 11 is 7.75. The molecule has 1 amide bonds. The molecule has 5 nitrogen and oxygen atoms in total. The zero-order chi connectivity index (χ0) is 20.9. The van der Waals surface area contributed by atoms with Crippen molar-refractivity contribution in [2.75, 3.05) is 11.5 Å². The highest BCUT2D eigenvalue weighted by atomic mass is 35.5. The van der Waals surface area contributed by atoms with Crippen LogP contribution >= 0.6 is 22.9 Å². The number of carbonyl (C=O) groups excluding carboxylic acids is 1. The molecule has 30 heavy (non-hydrogen) atoms. The number of halogens is 1. The molecule has 152 valence electrons. The molecule has 2 aromatic carbocycles. The van der Waals surface area contributed by atoms with Crippen molar-refractivity contribution in [3.05, 3.63) is 83.1 Å². The Morgan fingerprint density at radius 3 is 2.70 bits per heavy atom. The summed E-state index contributed by atoms with van der Waals surface area (Å²) in [5, 5.41) is 1.19. The molecule has 7 heteroatoms. The first-order valence-electron chi connectivity index (χ1n) is 9.61. The molecule has 0 N–H and O–H groups in total. The van der Waals surface area contributed by atoms with E-state index in [1.54, 1.807) is 17.2 Å². The molecule has 2 heterocycles. The molecule has 0 saturated carbocycles. The highest BCUT2D eigenvalue weighted by molar-refractivity contribution is 7.22. The van der Waals surface area contributed by atoms with Crippen LogP contribution in [0.25, 0.3) is 10.2 Å². The Morgan fingerprint density at radius 2 is 1.93 bits per heavy atom. The number of anilines is 1. The lowest BCUT2D eigenvalue weighted by Gasteiger charge is -2.20. The van der Waals surface area contributed by atoms with Crippen LogP contribution in [0, 0.1) is 0 Å². The number of nitrogens with zero attached hydrogens (tertiary/aromatic N) is 3. The van der Waals surface area contributed by atoms with E-state index in [4.69, 9.17) is 21.3 Å². The Morgan fingerprint density at radius 1 is 1.10 bits per heavy atom. The van der Waals surface area contributed by atoms with Crippen LogP contribution in [0.4, 0.5) is 5.13 Å². The zero-order valence-corrected chi connectivity index (χ0v) is 18.0. The van der Waals surface area contributed by atoms with E-state index in [2.05, 4.69) is 4.98 Å². The molecule has 4 aromatic rings. The van der Waals surface area contributed by atoms with Gasteiger partial charge < -0.3 is 4.74 Å². The van der Waals surface area contributed by atoms with Crippen LogP contribution in [-0.4, -0.2) is 22.5 Å². The fourth-order valence-corrected chi connectivity index (χ4v) is 4.32. The summed E-state index contributed by atoms with van der Waals surface area (Å²) in [5.74, 6) is 0.625. The first-order valence-corrected chi connectivity index (χ1v) is 10.8. The third-order valence-corrected chi connectivity index (χ3v) is 5.96. The molecule has 0 atom stereocenters. The van der Waals surface area contributed by atoms with E-state index in [1.165, 1.54) is 11.3 Å². The molecule has 4 rings (SSSR count). The Labute approximate surface area is 183 Å². The minimum atomic E-state index is -0.0919. The van der Waals surface area contributed by atoms with Crippen LogP contribution in [0.3, 0.4) is 0 Å². The van der Waals surface area contributed by atoms with E-state index < -0.39 is 0 Å². The number of carbonyl (C=O) groups is 1. The van der Waals surface area contributed by atoms with Crippen molar-refractivity contribution in [1.29, 1.82) is 0 Å². The van der Waals surface area contributed by atoms with E-state index in [-0.39, 0.29) is 12.3 Å². The zero-order valence-electron chi connectivity index (χ0n) is 16.4. The first kappa shape index (κ1) is 20.3. The lowest BCUT2D eigenvalue weighted by Crippen LogP contribution is -2.32. The van der Waals surface area contributed by atoms with Crippen LogP contribution in [0.15, 0.2) is 66.9 Å². The number of pyridine rings is 1. The average Bonchev–Trinajstić information content (AvgIpc) is 3.19. The Kier molecular flexibility index (Phi) is 6.26. The van der Waals surface area contributed by atoms with Gasteiger partial charge in [-0.2, -0.15) is 0 Å². The van der Waals surface area contributed by atoms with Gasteiger partial charge in [0.05, 0.1) is 30.0 Å². The molecule has 0 fully saturated rings. The fraction of sp³-hybridized carbons (Fsp3) is 0.174. The number of amides is 1. The van der Waals surface area contributed by atoms with Gasteiger partial charge >= 0.3 is 0 Å². The van der Waals surface area contributed by atoms with Crippen LogP contribution < -0.4 is 9.64 Å². The normalized spacial score (nSPS) is 10.9. The molecule has 0 aliphatic rings. The lowest BCUT2D eigenvalue weighted by molar-refractivity contribution is -0.118. The van der Waals surface area contributed by atoms with Gasteiger partial charge in [0.2, 0.25) is 5.91 Å². The molecule has 0 bridgehead atoms. The molecule has 0 aliphatic carbocycles. The van der Waals surface area contributed by atoms with Gasteiger partial charge in [-0.05, 0) is 42.8 Å². The third-order valence-electron chi connectivity index (χ3n) is 4.55. The number of hydrogen-bond donors (Lipinski definition) is 0. The van der Waals surface area contributed by atoms with Crippen molar-refractivity contribution in [2.24, 2.45) is 0 Å². The van der Waals surface area contributed by atoms with Gasteiger partial charge in [-0.1, -0.05) is 53.3 Å². The van der Waals surface area contributed by atoms with Crippen molar-refractivity contribution >= 4 is 44.2 Å². The van der Waals surface area contributed by atoms with Crippen molar-refractivity contribution in [1.82, 2.24) is 9.97 Å². The Bertz CT molecular complexity index is 1160. The molecule has 0 spiro atoms. The van der Waals surface area contributed by atoms with Crippen molar-refractivity contribution in [3.8, 4) is 5.75 Å². The first-order chi connectivity index (χ1) is 14.7. The quantitative estimate of drug-likeness (QED) is 0.382. The molecule has 2 aromatic heterocycles. The Hall–Kier alpha value is -2.96. The number of ether oxygens (including phenoxy) is 1. The van der Waals surface area contributed by atoms with E-state index in [0.29, 0.717) is 29.1 Å². The molecule has 0 saturated heterocycles. The van der Waals surface area contributed by atoms with Crippen molar-refractivity contribution in [2.45, 2.75) is 19.9 Å². The van der Waals surface area contributed by atoms with E-state index >= 15 is 0 Å². The van der Waals surface area contributed by atoms with Crippen molar-refractivity contribution < 1.29 is 9.53 Å². The van der Waals surface area contributed by atoms with Gasteiger partial charge in [0.25, 0.3) is 0 Å². The minimum Gasteiger partial charge on any atom is -0.492 e. The molecule has 0 aliphatic heterocycles. The van der Waals surface area contributed by atoms with Gasteiger partial charge in [0, 0.05) is 11.2 Å². The number of hydrogen-bond acceptors (Lipinski definition) is 5. The van der Waals surface area contributed by atoms with Crippen molar-refractivity contribution in [3.63, 3.8) is 0 Å². The molecule has 0 unspecified atom stereocenters. The van der Waals surface area contributed by atoms with Gasteiger partial charge in [-0.15, -0.1) is 0 Å². The van der Waals surface area contributed by atoms with Gasteiger partial charge in [0.1, 0.15) is 11.3 Å². The van der Waals surface area contributed by atoms with Crippen LogP contribution in [0.5, 0.6) is 5.75 Å². The highest BCUT2D eigenvalue weighted by Gasteiger charge is 2.22. The predicted molar refractivity (Wildman–Crippen MR) is 121 cm³/mol. The fourth-order valence-electron chi connectivity index (χ4n) is 3.12. The lowest BCUT2D eigenvalue weighted by atomic mass is 10.1. The largest absolute Gasteiger partial charge is 0.492 e. The maximum atomic E-state index is 13.3. The van der Waals surface area contributed by atoms with Gasteiger partial charge in [0.15, 0.2) is 5.13 Å². The molecular formula is C23H20ClN3O2S. The summed E-state index contributed by atoms with van der Waals surface area (Å²) in [5.41, 5.74) is 2.33. The second-order valence-corrected chi connectivity index (χ2v) is 8.02. The summed E-state index contributed by atoms with van der Waals surface area (Å²) < 4.78 is 6.68. The van der Waals surface area contributed by atoms with Crippen LogP contribution in [0.1, 0.15) is 18.2 Å². The number of thiazole rings is 1. The number of para-hydroxylation sites is 1. The van der Waals surface area contributed by atoms with E-state index in [9.17, 15) is 4.79 Å². The Balaban J connectivity index is 1.71. The molecule has 0 radical (unpaired) electrons. The van der Waals surface area contributed by atoms with Gasteiger partial charge in [-0.25, -0.2) is 4.98 Å². The number of aromatic nitrogens is 2. The number of fused-ring (bicyclic) bond motifs is 1. The maximum absolute atomic E-state index is 13.3. The molecular weight excluding hydrogens is 418 g/mol. The second-order valence-electron chi connectivity index (χ2n) is 6.60. The standard InChI is InChI=1S/C23H20ClN3O2S/c1-2-29-19-11-7-12-20-22(19)26-23(30-20)27(15-17-9-5-6-13-25-17)21(28)14-16-8-3-4-10-18(16)24/h3-13H,2,14-15H2,1H3. The SMILES string of the molecule is CCOc1cccc2sc(N(Cc3ccccn3)C(=O)Cc3ccccc3Cl)nc12. The van der Waals surface area contributed by atoms with E-state index in [0.717, 1.165) is 21.5 Å². The van der Waals surface area contributed by atoms with Gasteiger partial charge in [-0.3, -0.25) is 14.7 Å². The third kappa shape index (κ3) is 4.45. The highest BCUT2D eigenvalue weighted by Crippen LogP contribution is 2.35. The second kappa shape index (κ2) is 9.24. The average molecular weight is 438 g/mol. The summed E-state index contributed by atoms with van der Waals surface area (Å²) in [7, 11) is 0. The maximum Gasteiger partial charge on any atom is 0.233 e. The summed E-state index contributed by atoms with van der Waals surface area (Å²) in [4.78, 5) is 24.1. The topological polar surface area (TPSA) is 55.3 Å². The monoisotopic (exact) mass is 437 g/mol.